The summed E-state index contributed by atoms with van der Waals surface area (Å²) >= 11 is 0. The van der Waals surface area contributed by atoms with Crippen molar-refractivity contribution in [1.29, 1.82) is 0 Å². The van der Waals surface area contributed by atoms with Crippen LogP contribution in [-0.4, -0.2) is 15.0 Å². The number of hydrogen-bond donors (Lipinski definition) is 0. The largest absolute Gasteiger partial charge is 0.487 e. The number of hydrogen-bond acceptors (Lipinski definition) is 5. The molecule has 0 atom stereocenters. The van der Waals surface area contributed by atoms with Crippen molar-refractivity contribution in [2.75, 3.05) is 6.61 Å². The fourth-order valence-corrected chi connectivity index (χ4v) is 2.91. The molecule has 0 saturated carbocycles. The normalized spacial score (nSPS) is 19.0. The van der Waals surface area contributed by atoms with Crippen molar-refractivity contribution in [3.8, 4) is 5.75 Å². The van der Waals surface area contributed by atoms with Crippen molar-refractivity contribution in [1.82, 2.24) is 0 Å². The van der Waals surface area contributed by atoms with Crippen LogP contribution >= 0.6 is 0 Å². The molecule has 6 heteroatoms. The van der Waals surface area contributed by atoms with E-state index >= 15 is 0 Å². The van der Waals surface area contributed by atoms with E-state index in [-0.39, 0.29) is 6.61 Å². The summed E-state index contributed by atoms with van der Waals surface area (Å²) in [6.07, 6.45) is 0. The minimum absolute atomic E-state index is 0.0553. The number of ether oxygens (including phenoxy) is 1. The van der Waals surface area contributed by atoms with E-state index in [9.17, 15) is 8.42 Å². The first-order valence-electron chi connectivity index (χ1n) is 5.99. The maximum Gasteiger partial charge on any atom is 0.406 e. The van der Waals surface area contributed by atoms with Crippen LogP contribution in [0.1, 0.15) is 5.56 Å². The Morgan fingerprint density at radius 1 is 0.900 bits per heavy atom. The van der Waals surface area contributed by atoms with Crippen LogP contribution in [0.25, 0.3) is 0 Å². The highest BCUT2D eigenvalue weighted by molar-refractivity contribution is 7.82. The molecule has 104 valence electrons. The van der Waals surface area contributed by atoms with Crippen molar-refractivity contribution < 1.29 is 21.5 Å². The summed E-state index contributed by atoms with van der Waals surface area (Å²) in [6, 6.07) is 17.9. The average Bonchev–Trinajstić information content (AvgIpc) is 2.45. The highest BCUT2D eigenvalue weighted by atomic mass is 32.3. The van der Waals surface area contributed by atoms with E-state index in [4.69, 9.17) is 13.1 Å². The molecule has 0 aromatic heterocycles. The summed E-state index contributed by atoms with van der Waals surface area (Å²) in [7, 11) is -3.92. The molecule has 5 nitrogen and oxygen atoms in total. The molecule has 1 aliphatic rings. The molecule has 1 fully saturated rings. The molecule has 0 aliphatic carbocycles. The van der Waals surface area contributed by atoms with Crippen LogP contribution in [0, 0.1) is 0 Å². The Bertz CT molecular complexity index is 670. The monoisotopic (exact) mass is 292 g/mol. The minimum Gasteiger partial charge on any atom is -0.487 e. The highest BCUT2D eigenvalue weighted by Crippen LogP contribution is 2.40. The predicted molar refractivity (Wildman–Crippen MR) is 71.1 cm³/mol. The van der Waals surface area contributed by atoms with Crippen LogP contribution in [0.15, 0.2) is 60.7 Å². The van der Waals surface area contributed by atoms with Gasteiger partial charge in [-0.2, -0.15) is 8.42 Å². The standard InChI is InChI=1S/C14H12O5S/c15-20(16)18-14(19-20,12-7-3-1-4-8-12)11-17-13-9-5-2-6-10-13/h1-10H,11H2. The molecular weight excluding hydrogens is 280 g/mol. The van der Waals surface area contributed by atoms with Gasteiger partial charge in [-0.05, 0) is 12.1 Å². The van der Waals surface area contributed by atoms with Crippen LogP contribution in [-0.2, 0) is 24.6 Å². The van der Waals surface area contributed by atoms with Gasteiger partial charge in [-0.15, -0.1) is 0 Å². The summed E-state index contributed by atoms with van der Waals surface area (Å²) in [5.74, 6) is -0.796. The molecule has 0 amide bonds. The molecule has 3 rings (SSSR count). The molecule has 2 aromatic rings. The van der Waals surface area contributed by atoms with E-state index in [1.165, 1.54) is 0 Å². The average molecular weight is 292 g/mol. The lowest BCUT2D eigenvalue weighted by Gasteiger charge is -2.38. The minimum atomic E-state index is -3.92. The Balaban J connectivity index is 1.82. The summed E-state index contributed by atoms with van der Waals surface area (Å²) in [4.78, 5) is 0. The zero-order valence-corrected chi connectivity index (χ0v) is 11.2. The van der Waals surface area contributed by atoms with Crippen molar-refractivity contribution >= 4 is 10.4 Å². The molecule has 1 heterocycles. The van der Waals surface area contributed by atoms with Gasteiger partial charge in [-0.1, -0.05) is 48.5 Å². The van der Waals surface area contributed by atoms with Gasteiger partial charge < -0.3 is 4.74 Å². The zero-order chi connectivity index (χ0) is 14.1. The van der Waals surface area contributed by atoms with Crippen molar-refractivity contribution in [2.24, 2.45) is 0 Å². The van der Waals surface area contributed by atoms with E-state index in [0.29, 0.717) is 11.3 Å². The van der Waals surface area contributed by atoms with E-state index in [1.54, 1.807) is 36.4 Å². The highest BCUT2D eigenvalue weighted by Gasteiger charge is 2.54. The van der Waals surface area contributed by atoms with Crippen molar-refractivity contribution in [3.63, 3.8) is 0 Å². The lowest BCUT2D eigenvalue weighted by molar-refractivity contribution is -0.213. The van der Waals surface area contributed by atoms with Crippen LogP contribution in [0.4, 0.5) is 0 Å². The molecule has 0 unspecified atom stereocenters. The van der Waals surface area contributed by atoms with Gasteiger partial charge in [0.25, 0.3) is 5.79 Å². The molecule has 2 aromatic carbocycles. The van der Waals surface area contributed by atoms with Crippen LogP contribution < -0.4 is 4.74 Å². The fourth-order valence-electron chi connectivity index (χ4n) is 1.95. The maximum absolute atomic E-state index is 11.2. The Morgan fingerprint density at radius 2 is 1.45 bits per heavy atom. The quantitative estimate of drug-likeness (QED) is 0.864. The topological polar surface area (TPSA) is 61.8 Å². The molecule has 0 N–H and O–H groups in total. The van der Waals surface area contributed by atoms with Crippen LogP contribution in [0.5, 0.6) is 5.75 Å². The second-order valence-electron chi connectivity index (χ2n) is 4.30. The van der Waals surface area contributed by atoms with Gasteiger partial charge in [0.15, 0.2) is 0 Å². The van der Waals surface area contributed by atoms with Crippen LogP contribution in [0.3, 0.4) is 0 Å². The third-order valence-corrected chi connectivity index (χ3v) is 3.81. The molecule has 1 aliphatic heterocycles. The molecule has 0 spiro atoms. The van der Waals surface area contributed by atoms with E-state index < -0.39 is 16.2 Å². The maximum atomic E-state index is 11.2. The number of para-hydroxylation sites is 1. The molecular formula is C14H12O5S. The molecule has 20 heavy (non-hydrogen) atoms. The summed E-state index contributed by atoms with van der Waals surface area (Å²) in [5.41, 5.74) is 0.589. The zero-order valence-electron chi connectivity index (χ0n) is 10.4. The van der Waals surface area contributed by atoms with Crippen molar-refractivity contribution in [2.45, 2.75) is 5.79 Å². The smallest absolute Gasteiger partial charge is 0.406 e. The Labute approximate surface area is 117 Å². The van der Waals surface area contributed by atoms with E-state index in [1.807, 2.05) is 24.3 Å². The third kappa shape index (κ3) is 2.53. The van der Waals surface area contributed by atoms with Gasteiger partial charge in [-0.3, -0.25) is 0 Å². The third-order valence-electron chi connectivity index (χ3n) is 2.86. The summed E-state index contributed by atoms with van der Waals surface area (Å²) in [6.45, 7) is -0.0553. The second-order valence-corrected chi connectivity index (χ2v) is 5.45. The summed E-state index contributed by atoms with van der Waals surface area (Å²) in [5, 5.41) is 0. The van der Waals surface area contributed by atoms with Crippen LogP contribution in [0.2, 0.25) is 0 Å². The first-order valence-corrected chi connectivity index (χ1v) is 7.33. The molecule has 1 saturated heterocycles. The lowest BCUT2D eigenvalue weighted by Crippen LogP contribution is -2.51. The van der Waals surface area contributed by atoms with Gasteiger partial charge in [0.05, 0.1) is 0 Å². The number of benzene rings is 2. The first kappa shape index (κ1) is 13.1. The van der Waals surface area contributed by atoms with Gasteiger partial charge in [-0.25, -0.2) is 8.37 Å². The van der Waals surface area contributed by atoms with Gasteiger partial charge in [0.1, 0.15) is 12.4 Å². The van der Waals surface area contributed by atoms with Gasteiger partial charge >= 0.3 is 10.4 Å². The Hall–Kier alpha value is -1.89. The molecule has 0 bridgehead atoms. The summed E-state index contributed by atoms with van der Waals surface area (Å²) < 4.78 is 37.8. The Morgan fingerprint density at radius 3 is 2.00 bits per heavy atom. The molecule has 0 radical (unpaired) electrons. The predicted octanol–water partition coefficient (Wildman–Crippen LogP) is 2.21. The van der Waals surface area contributed by atoms with Gasteiger partial charge in [0.2, 0.25) is 0 Å². The van der Waals surface area contributed by atoms with Crippen molar-refractivity contribution in [3.05, 3.63) is 66.2 Å². The fraction of sp³-hybridized carbons (Fsp3) is 0.143. The van der Waals surface area contributed by atoms with Gasteiger partial charge in [0, 0.05) is 5.56 Å². The lowest BCUT2D eigenvalue weighted by atomic mass is 10.1. The van der Waals surface area contributed by atoms with E-state index in [0.717, 1.165) is 0 Å². The number of rotatable bonds is 4. The second kappa shape index (κ2) is 4.90. The first-order chi connectivity index (χ1) is 9.60. The SMILES string of the molecule is O=S1(=O)OC(COc2ccccc2)(c2ccccc2)O1. The van der Waals surface area contributed by atoms with E-state index in [2.05, 4.69) is 0 Å². The Kier molecular flexibility index (Phi) is 3.21.